The van der Waals surface area contributed by atoms with Crippen LogP contribution in [0.15, 0.2) is 66.9 Å². The van der Waals surface area contributed by atoms with Crippen LogP contribution in [0.2, 0.25) is 0 Å². The number of rotatable bonds is 2. The molecule has 2 aromatic carbocycles. The second-order valence-corrected chi connectivity index (χ2v) is 4.93. The van der Waals surface area contributed by atoms with Crippen molar-refractivity contribution in [3.63, 3.8) is 0 Å². The number of hydrogen-bond acceptors (Lipinski definition) is 4. The summed E-state index contributed by atoms with van der Waals surface area (Å²) in [6, 6.07) is 19.6. The van der Waals surface area contributed by atoms with Crippen LogP contribution >= 0.6 is 0 Å². The van der Waals surface area contributed by atoms with Gasteiger partial charge in [0.25, 0.3) is 0 Å². The molecule has 0 radical (unpaired) electrons. The molecule has 0 saturated carbocycles. The van der Waals surface area contributed by atoms with Crippen LogP contribution in [0, 0.1) is 0 Å². The highest BCUT2D eigenvalue weighted by Gasteiger charge is 2.12. The highest BCUT2D eigenvalue weighted by atomic mass is 15.3. The lowest BCUT2D eigenvalue weighted by atomic mass is 10.2. The van der Waals surface area contributed by atoms with E-state index in [1.54, 1.807) is 10.9 Å². The number of nitrogen functional groups attached to an aromatic ring is 1. The van der Waals surface area contributed by atoms with Crippen molar-refractivity contribution in [1.82, 2.24) is 19.7 Å². The highest BCUT2D eigenvalue weighted by molar-refractivity contribution is 5.87. The second-order valence-electron chi connectivity index (χ2n) is 4.93. The molecule has 0 saturated heterocycles. The summed E-state index contributed by atoms with van der Waals surface area (Å²) in [6.45, 7) is 0. The number of nitrogens with two attached hydrogens (primary N) is 1. The number of nitrogens with zero attached hydrogens (tertiary/aromatic N) is 4. The van der Waals surface area contributed by atoms with Crippen molar-refractivity contribution < 1.29 is 0 Å². The van der Waals surface area contributed by atoms with Crippen molar-refractivity contribution in [2.75, 3.05) is 5.73 Å². The number of para-hydroxylation sites is 1. The topological polar surface area (TPSA) is 69.6 Å². The fourth-order valence-corrected chi connectivity index (χ4v) is 2.40. The van der Waals surface area contributed by atoms with Gasteiger partial charge in [-0.3, -0.25) is 0 Å². The average Bonchev–Trinajstić information content (AvgIpc) is 3.01. The molecular weight excluding hydrogens is 274 g/mol. The van der Waals surface area contributed by atoms with E-state index < -0.39 is 0 Å². The van der Waals surface area contributed by atoms with Crippen LogP contribution in [0.5, 0.6) is 0 Å². The first-order valence-corrected chi connectivity index (χ1v) is 6.95. The Labute approximate surface area is 127 Å². The predicted molar refractivity (Wildman–Crippen MR) is 86.5 cm³/mol. The Balaban J connectivity index is 1.97. The van der Waals surface area contributed by atoms with E-state index in [9.17, 15) is 0 Å². The molecule has 0 amide bonds. The first-order valence-electron chi connectivity index (χ1n) is 6.95. The molecule has 0 aliphatic carbocycles. The zero-order valence-corrected chi connectivity index (χ0v) is 11.7. The van der Waals surface area contributed by atoms with E-state index >= 15 is 0 Å². The zero-order chi connectivity index (χ0) is 14.9. The molecule has 106 valence electrons. The maximum absolute atomic E-state index is 6.08. The average molecular weight is 287 g/mol. The van der Waals surface area contributed by atoms with Gasteiger partial charge in [-0.25, -0.2) is 14.6 Å². The van der Waals surface area contributed by atoms with Gasteiger partial charge in [-0.05, 0) is 12.1 Å². The summed E-state index contributed by atoms with van der Waals surface area (Å²) < 4.78 is 1.78. The van der Waals surface area contributed by atoms with Gasteiger partial charge in [0.2, 0.25) is 0 Å². The third kappa shape index (κ3) is 2.00. The largest absolute Gasteiger partial charge is 0.383 e. The second kappa shape index (κ2) is 4.96. The Morgan fingerprint density at radius 2 is 1.50 bits per heavy atom. The van der Waals surface area contributed by atoms with Gasteiger partial charge < -0.3 is 5.73 Å². The van der Waals surface area contributed by atoms with Crippen LogP contribution < -0.4 is 5.73 Å². The van der Waals surface area contributed by atoms with Gasteiger partial charge in [-0.15, -0.1) is 0 Å². The van der Waals surface area contributed by atoms with E-state index in [4.69, 9.17) is 5.73 Å². The lowest BCUT2D eigenvalue weighted by molar-refractivity contribution is 0.896. The summed E-state index contributed by atoms with van der Waals surface area (Å²) in [5.41, 5.74) is 8.65. The van der Waals surface area contributed by atoms with Crippen molar-refractivity contribution in [3.8, 4) is 17.1 Å². The SMILES string of the molecule is Nc1nc(-c2ccccc2)nc2c1cnn2-c1ccccc1. The van der Waals surface area contributed by atoms with Crippen LogP contribution in [0.3, 0.4) is 0 Å². The molecule has 0 atom stereocenters. The van der Waals surface area contributed by atoms with Gasteiger partial charge in [0.05, 0.1) is 17.3 Å². The summed E-state index contributed by atoms with van der Waals surface area (Å²) in [5, 5.41) is 5.15. The monoisotopic (exact) mass is 287 g/mol. The maximum atomic E-state index is 6.08. The zero-order valence-electron chi connectivity index (χ0n) is 11.7. The third-order valence-corrected chi connectivity index (χ3v) is 3.49. The number of aromatic nitrogens is 4. The molecular formula is C17H13N5. The molecule has 0 bridgehead atoms. The number of hydrogen-bond donors (Lipinski definition) is 1. The molecule has 5 heteroatoms. The first kappa shape index (κ1) is 12.5. The lowest BCUT2D eigenvalue weighted by Gasteiger charge is -2.05. The normalized spacial score (nSPS) is 10.9. The molecule has 2 N–H and O–H groups in total. The Morgan fingerprint density at radius 3 is 2.23 bits per heavy atom. The van der Waals surface area contributed by atoms with Gasteiger partial charge >= 0.3 is 0 Å². The van der Waals surface area contributed by atoms with Crippen LogP contribution in [0.4, 0.5) is 5.82 Å². The van der Waals surface area contributed by atoms with Gasteiger partial charge in [0, 0.05) is 5.56 Å². The summed E-state index contributed by atoms with van der Waals surface area (Å²) in [5.74, 6) is 1.04. The van der Waals surface area contributed by atoms with Crippen molar-refractivity contribution in [2.45, 2.75) is 0 Å². The Morgan fingerprint density at radius 1 is 0.818 bits per heavy atom. The number of anilines is 1. The van der Waals surface area contributed by atoms with Crippen molar-refractivity contribution in [2.24, 2.45) is 0 Å². The molecule has 22 heavy (non-hydrogen) atoms. The Hall–Kier alpha value is -3.21. The van der Waals surface area contributed by atoms with Crippen molar-refractivity contribution >= 4 is 16.9 Å². The van der Waals surface area contributed by atoms with Gasteiger partial charge in [-0.2, -0.15) is 5.10 Å². The molecule has 0 aliphatic heterocycles. The lowest BCUT2D eigenvalue weighted by Crippen LogP contribution is -2.01. The Kier molecular flexibility index (Phi) is 2.83. The Bertz CT molecular complexity index is 929. The summed E-state index contributed by atoms with van der Waals surface area (Å²) in [4.78, 5) is 9.04. The summed E-state index contributed by atoms with van der Waals surface area (Å²) in [7, 11) is 0. The fraction of sp³-hybridized carbons (Fsp3) is 0. The van der Waals surface area contributed by atoms with E-state index in [-0.39, 0.29) is 0 Å². The molecule has 0 unspecified atom stereocenters. The van der Waals surface area contributed by atoms with Gasteiger partial charge in [0.15, 0.2) is 11.5 Å². The van der Waals surface area contributed by atoms with E-state index in [0.29, 0.717) is 17.3 Å². The molecule has 0 fully saturated rings. The smallest absolute Gasteiger partial charge is 0.169 e. The minimum absolute atomic E-state index is 0.436. The molecule has 4 rings (SSSR count). The van der Waals surface area contributed by atoms with Crippen LogP contribution in [-0.2, 0) is 0 Å². The van der Waals surface area contributed by atoms with Gasteiger partial charge in [-0.1, -0.05) is 48.5 Å². The van der Waals surface area contributed by atoms with Crippen LogP contribution in [0.1, 0.15) is 0 Å². The van der Waals surface area contributed by atoms with E-state index in [1.807, 2.05) is 60.7 Å². The van der Waals surface area contributed by atoms with Crippen molar-refractivity contribution in [3.05, 3.63) is 66.9 Å². The summed E-state index contributed by atoms with van der Waals surface area (Å²) >= 11 is 0. The number of fused-ring (bicyclic) bond motifs is 1. The quantitative estimate of drug-likeness (QED) is 0.615. The van der Waals surface area contributed by atoms with Crippen LogP contribution in [0.25, 0.3) is 28.1 Å². The fourth-order valence-electron chi connectivity index (χ4n) is 2.40. The van der Waals surface area contributed by atoms with Gasteiger partial charge in [0.1, 0.15) is 5.82 Å². The third-order valence-electron chi connectivity index (χ3n) is 3.49. The highest BCUT2D eigenvalue weighted by Crippen LogP contribution is 2.24. The minimum atomic E-state index is 0.436. The van der Waals surface area contributed by atoms with E-state index in [1.165, 1.54) is 0 Å². The first-order chi connectivity index (χ1) is 10.8. The molecule has 0 spiro atoms. The minimum Gasteiger partial charge on any atom is -0.383 e. The molecule has 2 aromatic heterocycles. The van der Waals surface area contributed by atoms with E-state index in [0.717, 1.165) is 16.6 Å². The molecule has 0 aliphatic rings. The number of benzene rings is 2. The standard InChI is InChI=1S/C17H13N5/c18-15-14-11-19-22(13-9-5-2-6-10-13)17(14)21-16(20-15)12-7-3-1-4-8-12/h1-11H,(H2,18,20,21). The van der Waals surface area contributed by atoms with Crippen molar-refractivity contribution in [1.29, 1.82) is 0 Å². The molecule has 2 heterocycles. The molecule has 4 aromatic rings. The predicted octanol–water partition coefficient (Wildman–Crippen LogP) is 3.06. The summed E-state index contributed by atoms with van der Waals surface area (Å²) in [6.07, 6.45) is 1.70. The maximum Gasteiger partial charge on any atom is 0.169 e. The van der Waals surface area contributed by atoms with E-state index in [2.05, 4.69) is 15.1 Å². The van der Waals surface area contributed by atoms with Crippen LogP contribution in [-0.4, -0.2) is 19.7 Å². The molecule has 5 nitrogen and oxygen atoms in total.